The van der Waals surface area contributed by atoms with Crippen molar-refractivity contribution in [3.05, 3.63) is 18.5 Å². The van der Waals surface area contributed by atoms with E-state index in [0.717, 1.165) is 31.6 Å². The first-order valence-corrected chi connectivity index (χ1v) is 6.44. The molecule has 5 heteroatoms. The van der Waals surface area contributed by atoms with Crippen LogP contribution in [0.2, 0.25) is 0 Å². The molecule has 1 aromatic heterocycles. The number of halogens is 1. The van der Waals surface area contributed by atoms with Gasteiger partial charge in [-0.3, -0.25) is 9.37 Å². The molecule has 1 atom stereocenters. The molecule has 1 aromatic rings. The van der Waals surface area contributed by atoms with Gasteiger partial charge in [0.2, 0.25) is 0 Å². The van der Waals surface area contributed by atoms with Crippen molar-refractivity contribution in [2.45, 2.75) is 25.3 Å². The third-order valence-electron chi connectivity index (χ3n) is 3.07. The lowest BCUT2D eigenvalue weighted by molar-refractivity contribution is 0.288. The predicted octanol–water partition coefficient (Wildman–Crippen LogP) is 1.75. The number of nitrogens with zero attached hydrogens (tertiary/aromatic N) is 2. The zero-order chi connectivity index (χ0) is 12.8. The largest absolute Gasteiger partial charge is 0.492 e. The summed E-state index contributed by atoms with van der Waals surface area (Å²) < 4.78 is 17.4. The Morgan fingerprint density at radius 3 is 3.17 bits per heavy atom. The lowest BCUT2D eigenvalue weighted by atomic mass is 10.1. The molecule has 1 aliphatic heterocycles. The number of pyridine rings is 1. The Hall–Kier alpha value is -1.36. The van der Waals surface area contributed by atoms with Crippen molar-refractivity contribution in [1.82, 2.24) is 4.98 Å². The minimum Gasteiger partial charge on any atom is -0.492 e. The third kappa shape index (κ3) is 3.57. The van der Waals surface area contributed by atoms with Crippen molar-refractivity contribution >= 4 is 5.69 Å². The molecule has 0 aromatic carbocycles. The Morgan fingerprint density at radius 1 is 1.50 bits per heavy atom. The normalized spacial score (nSPS) is 19.9. The number of aromatic nitrogens is 1. The van der Waals surface area contributed by atoms with E-state index >= 15 is 0 Å². The van der Waals surface area contributed by atoms with Gasteiger partial charge >= 0.3 is 0 Å². The molecule has 2 rings (SSSR count). The second-order valence-corrected chi connectivity index (χ2v) is 4.62. The van der Waals surface area contributed by atoms with Crippen LogP contribution in [-0.2, 0) is 0 Å². The summed E-state index contributed by atoms with van der Waals surface area (Å²) in [4.78, 5) is 6.39. The molecule has 1 saturated heterocycles. The van der Waals surface area contributed by atoms with Crippen molar-refractivity contribution < 1.29 is 9.13 Å². The number of hydrogen-bond donors (Lipinski definition) is 1. The second kappa shape index (κ2) is 6.54. The van der Waals surface area contributed by atoms with Crippen LogP contribution in [0.4, 0.5) is 10.1 Å². The Balaban J connectivity index is 1.97. The van der Waals surface area contributed by atoms with E-state index < -0.39 is 0 Å². The van der Waals surface area contributed by atoms with Crippen LogP contribution in [0.15, 0.2) is 18.5 Å². The summed E-state index contributed by atoms with van der Waals surface area (Å²) >= 11 is 0. The van der Waals surface area contributed by atoms with Gasteiger partial charge in [-0.15, -0.1) is 0 Å². The number of nitrogens with two attached hydrogens (primary N) is 1. The van der Waals surface area contributed by atoms with Crippen LogP contribution in [-0.4, -0.2) is 37.4 Å². The summed E-state index contributed by atoms with van der Waals surface area (Å²) in [5.41, 5.74) is 6.99. The highest BCUT2D eigenvalue weighted by molar-refractivity contribution is 5.48. The van der Waals surface area contributed by atoms with E-state index in [1.807, 2.05) is 12.3 Å². The first-order chi connectivity index (χ1) is 8.79. The molecule has 0 spiro atoms. The van der Waals surface area contributed by atoms with Gasteiger partial charge in [-0.25, -0.2) is 0 Å². The number of ether oxygens (including phenoxy) is 1. The average molecular weight is 253 g/mol. The Bertz CT molecular complexity index is 375. The van der Waals surface area contributed by atoms with Gasteiger partial charge in [0.05, 0.1) is 31.4 Å². The standard InChI is InChI=1S/C13H20FN3O/c14-4-2-6-18-13-7-12(8-16-9-13)17-5-1-3-11(15)10-17/h7-9,11H,1-6,10,15H2. The highest BCUT2D eigenvalue weighted by Crippen LogP contribution is 2.22. The predicted molar refractivity (Wildman–Crippen MR) is 69.7 cm³/mol. The Labute approximate surface area is 107 Å². The SMILES string of the molecule is NC1CCCN(c2cncc(OCCCF)c2)C1. The summed E-state index contributed by atoms with van der Waals surface area (Å²) in [5, 5.41) is 0. The van der Waals surface area contributed by atoms with Crippen LogP contribution in [0.3, 0.4) is 0 Å². The van der Waals surface area contributed by atoms with Crippen molar-refractivity contribution in [2.75, 3.05) is 31.3 Å². The van der Waals surface area contributed by atoms with Crippen LogP contribution in [0.5, 0.6) is 5.75 Å². The van der Waals surface area contributed by atoms with Gasteiger partial charge in [0, 0.05) is 31.6 Å². The van der Waals surface area contributed by atoms with Gasteiger partial charge in [0.25, 0.3) is 0 Å². The maximum Gasteiger partial charge on any atom is 0.139 e. The average Bonchev–Trinajstić information content (AvgIpc) is 2.39. The first-order valence-electron chi connectivity index (χ1n) is 6.44. The Kier molecular flexibility index (Phi) is 4.75. The lowest BCUT2D eigenvalue weighted by Crippen LogP contribution is -2.42. The molecule has 18 heavy (non-hydrogen) atoms. The molecule has 0 bridgehead atoms. The first kappa shape index (κ1) is 13.1. The fraction of sp³-hybridized carbons (Fsp3) is 0.615. The molecule has 2 heterocycles. The fourth-order valence-corrected chi connectivity index (χ4v) is 2.15. The van der Waals surface area contributed by atoms with E-state index in [4.69, 9.17) is 10.5 Å². The van der Waals surface area contributed by atoms with Crippen LogP contribution in [0.1, 0.15) is 19.3 Å². The fourth-order valence-electron chi connectivity index (χ4n) is 2.15. The smallest absolute Gasteiger partial charge is 0.139 e. The molecule has 0 radical (unpaired) electrons. The van der Waals surface area contributed by atoms with E-state index in [-0.39, 0.29) is 12.7 Å². The number of anilines is 1. The molecule has 1 aliphatic rings. The number of piperidine rings is 1. The highest BCUT2D eigenvalue weighted by Gasteiger charge is 2.17. The maximum atomic E-state index is 12.0. The molecule has 0 amide bonds. The Morgan fingerprint density at radius 2 is 2.39 bits per heavy atom. The number of rotatable bonds is 5. The molecule has 100 valence electrons. The minimum atomic E-state index is -0.353. The molecule has 2 N–H and O–H groups in total. The van der Waals surface area contributed by atoms with Gasteiger partial charge in [0.1, 0.15) is 5.75 Å². The van der Waals surface area contributed by atoms with E-state index in [0.29, 0.717) is 18.8 Å². The van der Waals surface area contributed by atoms with Gasteiger partial charge < -0.3 is 15.4 Å². The van der Waals surface area contributed by atoms with Crippen molar-refractivity contribution in [1.29, 1.82) is 0 Å². The minimum absolute atomic E-state index is 0.231. The van der Waals surface area contributed by atoms with Gasteiger partial charge in [-0.05, 0) is 12.8 Å². The molecular formula is C13H20FN3O. The van der Waals surface area contributed by atoms with E-state index in [1.54, 1.807) is 6.20 Å². The van der Waals surface area contributed by atoms with Crippen molar-refractivity contribution in [3.8, 4) is 5.75 Å². The summed E-state index contributed by atoms with van der Waals surface area (Å²) in [5.74, 6) is 0.695. The van der Waals surface area contributed by atoms with Crippen LogP contribution >= 0.6 is 0 Å². The summed E-state index contributed by atoms with van der Waals surface area (Å²) in [6.45, 7) is 1.90. The van der Waals surface area contributed by atoms with Crippen molar-refractivity contribution in [3.63, 3.8) is 0 Å². The van der Waals surface area contributed by atoms with E-state index in [1.165, 1.54) is 0 Å². The topological polar surface area (TPSA) is 51.4 Å². The summed E-state index contributed by atoms with van der Waals surface area (Å²) in [7, 11) is 0. The summed E-state index contributed by atoms with van der Waals surface area (Å²) in [6.07, 6.45) is 6.08. The molecule has 0 aliphatic carbocycles. The maximum absolute atomic E-state index is 12.0. The molecule has 1 fully saturated rings. The van der Waals surface area contributed by atoms with E-state index in [2.05, 4.69) is 9.88 Å². The summed E-state index contributed by atoms with van der Waals surface area (Å²) in [6, 6.07) is 2.18. The zero-order valence-corrected chi connectivity index (χ0v) is 10.5. The lowest BCUT2D eigenvalue weighted by Gasteiger charge is -2.32. The molecular weight excluding hydrogens is 233 g/mol. The van der Waals surface area contributed by atoms with Gasteiger partial charge in [0.15, 0.2) is 0 Å². The second-order valence-electron chi connectivity index (χ2n) is 4.62. The van der Waals surface area contributed by atoms with Crippen molar-refractivity contribution in [2.24, 2.45) is 5.73 Å². The van der Waals surface area contributed by atoms with E-state index in [9.17, 15) is 4.39 Å². The number of alkyl halides is 1. The van der Waals surface area contributed by atoms with Crippen LogP contribution in [0.25, 0.3) is 0 Å². The molecule has 4 nitrogen and oxygen atoms in total. The van der Waals surface area contributed by atoms with Gasteiger partial charge in [-0.1, -0.05) is 0 Å². The van der Waals surface area contributed by atoms with Crippen LogP contribution < -0.4 is 15.4 Å². The number of hydrogen-bond acceptors (Lipinski definition) is 4. The molecule has 0 saturated carbocycles. The molecule has 1 unspecified atom stereocenters. The van der Waals surface area contributed by atoms with Gasteiger partial charge in [-0.2, -0.15) is 0 Å². The van der Waals surface area contributed by atoms with Crippen LogP contribution in [0, 0.1) is 0 Å². The quantitative estimate of drug-likeness (QED) is 0.812. The monoisotopic (exact) mass is 253 g/mol. The zero-order valence-electron chi connectivity index (χ0n) is 10.5. The third-order valence-corrected chi connectivity index (χ3v) is 3.07. The highest BCUT2D eigenvalue weighted by atomic mass is 19.1.